The number of aromatic nitrogens is 1. The summed E-state index contributed by atoms with van der Waals surface area (Å²) in [6, 6.07) is 2.94. The zero-order chi connectivity index (χ0) is 10.7. The van der Waals surface area contributed by atoms with E-state index < -0.39 is 17.5 Å². The Morgan fingerprint density at radius 2 is 2.29 bits per heavy atom. The highest BCUT2D eigenvalue weighted by Gasteiger charge is 2.15. The van der Waals surface area contributed by atoms with Gasteiger partial charge in [-0.3, -0.25) is 4.79 Å². The van der Waals surface area contributed by atoms with Gasteiger partial charge in [0.15, 0.2) is 5.43 Å². The molecule has 0 aliphatic rings. The number of pyridine rings is 1. The van der Waals surface area contributed by atoms with Gasteiger partial charge in [0.2, 0.25) is 0 Å². The van der Waals surface area contributed by atoms with Crippen LogP contribution in [-0.4, -0.2) is 4.98 Å². The van der Waals surface area contributed by atoms with Crippen molar-refractivity contribution in [2.24, 2.45) is 0 Å². The monoisotopic (exact) mass is 310 g/mol. The maximum absolute atomic E-state index is 12.4. The quantitative estimate of drug-likeness (QED) is 0.849. The van der Waals surface area contributed by atoms with Crippen LogP contribution in [0.4, 0.5) is 8.78 Å². The molecule has 0 fully saturated rings. The molecule has 6 heteroatoms. The van der Waals surface area contributed by atoms with Crippen LogP contribution in [0.2, 0.25) is 0 Å². The summed E-state index contributed by atoms with van der Waals surface area (Å²) in [6.45, 7) is 0. The normalized spacial score (nSPS) is 10.2. The number of nitriles is 1. The maximum Gasteiger partial charge on any atom is 0.279 e. The van der Waals surface area contributed by atoms with E-state index >= 15 is 0 Å². The van der Waals surface area contributed by atoms with E-state index in [0.717, 1.165) is 6.07 Å². The van der Waals surface area contributed by atoms with Crippen LogP contribution in [0.1, 0.15) is 17.8 Å². The zero-order valence-electron chi connectivity index (χ0n) is 6.85. The molecule has 1 rings (SSSR count). The van der Waals surface area contributed by atoms with E-state index in [2.05, 4.69) is 4.98 Å². The van der Waals surface area contributed by atoms with Crippen LogP contribution in [0.15, 0.2) is 10.9 Å². The lowest BCUT2D eigenvalue weighted by molar-refractivity contribution is 0.144. The van der Waals surface area contributed by atoms with Crippen LogP contribution in [-0.2, 0) is 6.42 Å². The number of H-pyrrole nitrogens is 1. The van der Waals surface area contributed by atoms with E-state index in [-0.39, 0.29) is 15.7 Å². The van der Waals surface area contributed by atoms with Crippen molar-refractivity contribution >= 4 is 22.6 Å². The fourth-order valence-electron chi connectivity index (χ4n) is 0.949. The van der Waals surface area contributed by atoms with Crippen molar-refractivity contribution in [3.8, 4) is 6.07 Å². The second kappa shape index (κ2) is 4.50. The van der Waals surface area contributed by atoms with Gasteiger partial charge in [-0.2, -0.15) is 5.26 Å². The summed E-state index contributed by atoms with van der Waals surface area (Å²) in [7, 11) is 0. The number of aromatic amines is 1. The van der Waals surface area contributed by atoms with Crippen molar-refractivity contribution in [3.05, 3.63) is 31.2 Å². The number of rotatable bonds is 2. The first kappa shape index (κ1) is 11.1. The molecule has 0 atom stereocenters. The number of hydrogen-bond acceptors (Lipinski definition) is 2. The van der Waals surface area contributed by atoms with Crippen molar-refractivity contribution in [3.63, 3.8) is 0 Å². The largest absolute Gasteiger partial charge is 0.356 e. The lowest BCUT2D eigenvalue weighted by Crippen LogP contribution is -2.12. The van der Waals surface area contributed by atoms with E-state index in [1.807, 2.05) is 0 Å². The first-order chi connectivity index (χ1) is 6.56. The molecule has 0 radical (unpaired) electrons. The zero-order valence-corrected chi connectivity index (χ0v) is 9.01. The summed E-state index contributed by atoms with van der Waals surface area (Å²) in [5.74, 6) is 0. The first-order valence-electron chi connectivity index (χ1n) is 3.63. The molecule has 74 valence electrons. The van der Waals surface area contributed by atoms with Gasteiger partial charge >= 0.3 is 0 Å². The molecule has 0 saturated heterocycles. The fourth-order valence-corrected chi connectivity index (χ4v) is 1.47. The van der Waals surface area contributed by atoms with Gasteiger partial charge in [0.25, 0.3) is 6.43 Å². The van der Waals surface area contributed by atoms with Crippen molar-refractivity contribution in [1.29, 1.82) is 5.26 Å². The molecule has 1 N–H and O–H groups in total. The third-order valence-corrected chi connectivity index (χ3v) is 2.65. The Kier molecular flexibility index (Phi) is 3.57. The Hall–Kier alpha value is -0.970. The van der Waals surface area contributed by atoms with E-state index in [1.54, 1.807) is 28.7 Å². The maximum atomic E-state index is 12.4. The highest BCUT2D eigenvalue weighted by molar-refractivity contribution is 14.1. The second-order valence-electron chi connectivity index (χ2n) is 2.52. The van der Waals surface area contributed by atoms with Crippen molar-refractivity contribution in [2.75, 3.05) is 0 Å². The van der Waals surface area contributed by atoms with Crippen molar-refractivity contribution < 1.29 is 8.78 Å². The lowest BCUT2D eigenvalue weighted by atomic mass is 10.2. The van der Waals surface area contributed by atoms with Crippen molar-refractivity contribution in [1.82, 2.24) is 4.98 Å². The van der Waals surface area contributed by atoms with Gasteiger partial charge < -0.3 is 4.98 Å². The van der Waals surface area contributed by atoms with Crippen LogP contribution in [0.3, 0.4) is 0 Å². The smallest absolute Gasteiger partial charge is 0.279 e. The number of nitrogens with zero attached hydrogens (tertiary/aromatic N) is 1. The fraction of sp³-hybridized carbons (Fsp3) is 0.250. The highest BCUT2D eigenvalue weighted by atomic mass is 127. The van der Waals surface area contributed by atoms with Crippen LogP contribution in [0.5, 0.6) is 0 Å². The summed E-state index contributed by atoms with van der Waals surface area (Å²) >= 11 is 1.56. The van der Waals surface area contributed by atoms with Gasteiger partial charge in [0, 0.05) is 11.8 Å². The summed E-state index contributed by atoms with van der Waals surface area (Å²) in [4.78, 5) is 13.5. The molecule has 0 spiro atoms. The summed E-state index contributed by atoms with van der Waals surface area (Å²) in [5, 5.41) is 8.35. The molecule has 0 aliphatic carbocycles. The third kappa shape index (κ3) is 2.29. The molecule has 14 heavy (non-hydrogen) atoms. The Balaban J connectivity index is 3.30. The Morgan fingerprint density at radius 3 is 2.79 bits per heavy atom. The Morgan fingerprint density at radius 1 is 1.64 bits per heavy atom. The molecule has 1 aromatic rings. The predicted molar refractivity (Wildman–Crippen MR) is 54.1 cm³/mol. The minimum absolute atomic E-state index is 0.0284. The number of alkyl halides is 2. The van der Waals surface area contributed by atoms with Gasteiger partial charge in [0.05, 0.1) is 21.8 Å². The topological polar surface area (TPSA) is 56.6 Å². The van der Waals surface area contributed by atoms with Gasteiger partial charge in [0.1, 0.15) is 0 Å². The van der Waals surface area contributed by atoms with Gasteiger partial charge in [-0.1, -0.05) is 0 Å². The first-order valence-corrected chi connectivity index (χ1v) is 4.71. The summed E-state index contributed by atoms with van der Waals surface area (Å²) in [5.41, 5.74) is -0.679. The van der Waals surface area contributed by atoms with Crippen molar-refractivity contribution in [2.45, 2.75) is 12.8 Å². The molecular formula is C8H5F2IN2O. The molecular weight excluding hydrogens is 305 g/mol. The molecule has 0 saturated carbocycles. The highest BCUT2D eigenvalue weighted by Crippen LogP contribution is 2.20. The molecule has 3 nitrogen and oxygen atoms in total. The average molecular weight is 310 g/mol. The minimum atomic E-state index is -2.73. The molecule has 1 heterocycles. The van der Waals surface area contributed by atoms with Crippen LogP contribution < -0.4 is 5.43 Å². The predicted octanol–water partition coefficient (Wildman–Crippen LogP) is 1.98. The third-order valence-electron chi connectivity index (χ3n) is 1.54. The second-order valence-corrected chi connectivity index (χ2v) is 3.60. The molecule has 0 amide bonds. The number of nitrogens with one attached hydrogen (secondary N) is 1. The SMILES string of the molecule is N#CCc1cc(=O)c(I)c(C(F)F)[nH]1. The van der Waals surface area contributed by atoms with E-state index in [9.17, 15) is 13.6 Å². The molecule has 0 aliphatic heterocycles. The van der Waals surface area contributed by atoms with Gasteiger partial charge in [-0.15, -0.1) is 0 Å². The van der Waals surface area contributed by atoms with Crippen LogP contribution in [0, 0.1) is 14.9 Å². The molecule has 0 bridgehead atoms. The van der Waals surface area contributed by atoms with E-state index in [1.165, 1.54) is 0 Å². The van der Waals surface area contributed by atoms with E-state index in [0.29, 0.717) is 0 Å². The van der Waals surface area contributed by atoms with E-state index in [4.69, 9.17) is 5.26 Å². The van der Waals surface area contributed by atoms with Gasteiger partial charge in [-0.05, 0) is 22.6 Å². The lowest BCUT2D eigenvalue weighted by Gasteiger charge is -2.04. The van der Waals surface area contributed by atoms with Crippen LogP contribution in [0.25, 0.3) is 0 Å². The Labute approximate surface area is 91.9 Å². The average Bonchev–Trinajstić information content (AvgIpc) is 2.11. The molecule has 1 aromatic heterocycles. The summed E-state index contributed by atoms with van der Waals surface area (Å²) < 4.78 is 24.7. The summed E-state index contributed by atoms with van der Waals surface area (Å²) in [6.07, 6.45) is -2.81. The Bertz CT molecular complexity index is 436. The van der Waals surface area contributed by atoms with Crippen LogP contribution >= 0.6 is 22.6 Å². The minimum Gasteiger partial charge on any atom is -0.356 e. The molecule has 0 unspecified atom stereocenters. The van der Waals surface area contributed by atoms with Gasteiger partial charge in [-0.25, -0.2) is 8.78 Å². The number of hydrogen-bond donors (Lipinski definition) is 1. The molecule has 0 aromatic carbocycles. The number of halogens is 3. The standard InChI is InChI=1S/C8H5F2IN2O/c9-8(10)7-6(11)5(14)3-4(13-7)1-2-12/h3,8H,1H2,(H,13,14).